The van der Waals surface area contributed by atoms with E-state index in [-0.39, 0.29) is 11.5 Å². The van der Waals surface area contributed by atoms with Crippen molar-refractivity contribution in [3.05, 3.63) is 0 Å². The maximum atomic E-state index is 10.4. The molecule has 3 nitrogen and oxygen atoms in total. The van der Waals surface area contributed by atoms with Gasteiger partial charge in [0.2, 0.25) is 0 Å². The Morgan fingerprint density at radius 1 is 1.78 bits per heavy atom. The van der Waals surface area contributed by atoms with Crippen molar-refractivity contribution < 1.29 is 14.1 Å². The Hall–Kier alpha value is -0.820. The summed E-state index contributed by atoms with van der Waals surface area (Å²) in [6.45, 7) is 0. The number of aliphatic carboxylic acids is 1. The molecule has 1 unspecified atom stereocenters. The van der Waals surface area contributed by atoms with E-state index >= 15 is 0 Å². The van der Waals surface area contributed by atoms with Crippen molar-refractivity contribution in [2.75, 3.05) is 11.5 Å². The average Bonchev–Trinajstić information content (AvgIpc) is 1.63. The van der Waals surface area contributed by atoms with Gasteiger partial charge in [-0.15, -0.1) is 6.42 Å². The Balaban J connectivity index is 3.54. The quantitative estimate of drug-likeness (QED) is 0.544. The maximum Gasteiger partial charge on any atom is 0.316 e. The first-order valence-electron chi connectivity index (χ1n) is 2.17. The molecule has 0 fully saturated rings. The van der Waals surface area contributed by atoms with Crippen molar-refractivity contribution in [1.82, 2.24) is 0 Å². The van der Waals surface area contributed by atoms with Gasteiger partial charge < -0.3 is 5.11 Å². The molecule has 0 heterocycles. The van der Waals surface area contributed by atoms with E-state index < -0.39 is 16.8 Å². The van der Waals surface area contributed by atoms with Gasteiger partial charge in [0.15, 0.2) is 0 Å². The minimum absolute atomic E-state index is 0.0201. The number of terminal acetylenes is 1. The topological polar surface area (TPSA) is 54.4 Å². The van der Waals surface area contributed by atoms with Crippen LogP contribution in [0.25, 0.3) is 0 Å². The predicted molar refractivity (Wildman–Crippen MR) is 34.3 cm³/mol. The summed E-state index contributed by atoms with van der Waals surface area (Å²) in [4.78, 5) is 9.82. The van der Waals surface area contributed by atoms with E-state index in [1.54, 1.807) is 0 Å². The van der Waals surface area contributed by atoms with Gasteiger partial charge >= 0.3 is 5.97 Å². The minimum Gasteiger partial charge on any atom is -0.481 e. The monoisotopic (exact) mass is 146 g/mol. The summed E-state index contributed by atoms with van der Waals surface area (Å²) in [5.41, 5.74) is 0. The molecule has 0 aromatic carbocycles. The number of carboxylic acid groups (broad SMARTS) is 1. The third kappa shape index (κ3) is 5.04. The van der Waals surface area contributed by atoms with Gasteiger partial charge in [-0.25, -0.2) is 0 Å². The molecule has 0 aliphatic heterocycles. The lowest BCUT2D eigenvalue weighted by Gasteiger charge is -1.88. The molecule has 50 valence electrons. The molecule has 0 bridgehead atoms. The third-order valence-corrected chi connectivity index (χ3v) is 1.59. The summed E-state index contributed by atoms with van der Waals surface area (Å²) < 4.78 is 10.4. The van der Waals surface area contributed by atoms with Gasteiger partial charge in [-0.05, 0) is 0 Å². The molecular weight excluding hydrogens is 140 g/mol. The lowest BCUT2D eigenvalue weighted by Crippen LogP contribution is -2.10. The molecule has 0 saturated carbocycles. The highest BCUT2D eigenvalue weighted by Crippen LogP contribution is 1.79. The van der Waals surface area contributed by atoms with Gasteiger partial charge in [-0.3, -0.25) is 9.00 Å². The first kappa shape index (κ1) is 8.18. The number of carbonyl (C=O) groups is 1. The first-order chi connectivity index (χ1) is 4.16. The van der Waals surface area contributed by atoms with Gasteiger partial charge in [0.25, 0.3) is 0 Å². The Bertz CT molecular complexity index is 168. The fraction of sp³-hybridized carbons (Fsp3) is 0.400. The minimum atomic E-state index is -1.39. The van der Waals surface area contributed by atoms with Gasteiger partial charge in [-0.1, -0.05) is 5.92 Å². The summed E-state index contributed by atoms with van der Waals surface area (Å²) in [7, 11) is -1.39. The number of hydrogen-bond acceptors (Lipinski definition) is 2. The molecule has 9 heavy (non-hydrogen) atoms. The smallest absolute Gasteiger partial charge is 0.316 e. The number of hydrogen-bond donors (Lipinski definition) is 1. The standard InChI is InChI=1S/C5H6O3S/c1-2-3-9(8)4-5(6)7/h1H,3-4H2,(H,6,7). The molecule has 0 aromatic heterocycles. The summed E-state index contributed by atoms with van der Waals surface area (Å²) in [6.07, 6.45) is 4.77. The van der Waals surface area contributed by atoms with Gasteiger partial charge in [0.05, 0.1) is 5.75 Å². The van der Waals surface area contributed by atoms with Crippen LogP contribution < -0.4 is 0 Å². The zero-order valence-electron chi connectivity index (χ0n) is 4.66. The van der Waals surface area contributed by atoms with Gasteiger partial charge in [0.1, 0.15) is 5.75 Å². The van der Waals surface area contributed by atoms with Crippen molar-refractivity contribution in [1.29, 1.82) is 0 Å². The van der Waals surface area contributed by atoms with Crippen LogP contribution in [0.4, 0.5) is 0 Å². The van der Waals surface area contributed by atoms with E-state index in [2.05, 4.69) is 5.92 Å². The molecule has 0 aliphatic carbocycles. The highest BCUT2D eigenvalue weighted by atomic mass is 32.2. The molecule has 0 aromatic rings. The van der Waals surface area contributed by atoms with E-state index in [4.69, 9.17) is 11.5 Å². The summed E-state index contributed by atoms with van der Waals surface area (Å²) >= 11 is 0. The summed E-state index contributed by atoms with van der Waals surface area (Å²) in [5, 5.41) is 8.05. The molecule has 1 N–H and O–H groups in total. The van der Waals surface area contributed by atoms with Crippen LogP contribution in [-0.2, 0) is 15.6 Å². The fourth-order valence-electron chi connectivity index (χ4n) is 0.282. The molecule has 4 heteroatoms. The van der Waals surface area contributed by atoms with Crippen LogP contribution in [0.5, 0.6) is 0 Å². The first-order valence-corrected chi connectivity index (χ1v) is 3.66. The second-order valence-electron chi connectivity index (χ2n) is 1.33. The average molecular weight is 146 g/mol. The number of carboxylic acids is 1. The van der Waals surface area contributed by atoms with Crippen LogP contribution in [-0.4, -0.2) is 26.8 Å². The summed E-state index contributed by atoms with van der Waals surface area (Å²) in [5.74, 6) is 0.693. The maximum absolute atomic E-state index is 10.4. The van der Waals surface area contributed by atoms with Gasteiger partial charge in [0, 0.05) is 10.8 Å². The van der Waals surface area contributed by atoms with Crippen LogP contribution in [0.1, 0.15) is 0 Å². The number of rotatable bonds is 3. The van der Waals surface area contributed by atoms with Crippen molar-refractivity contribution in [3.8, 4) is 12.3 Å². The van der Waals surface area contributed by atoms with Crippen LogP contribution >= 0.6 is 0 Å². The van der Waals surface area contributed by atoms with Crippen LogP contribution in [0.2, 0.25) is 0 Å². The van der Waals surface area contributed by atoms with Crippen molar-refractivity contribution in [2.24, 2.45) is 0 Å². The molecule has 0 radical (unpaired) electrons. The molecule has 0 spiro atoms. The van der Waals surface area contributed by atoms with E-state index in [9.17, 15) is 9.00 Å². The normalized spacial score (nSPS) is 11.9. The molecule has 0 aliphatic rings. The van der Waals surface area contributed by atoms with E-state index in [1.165, 1.54) is 0 Å². The van der Waals surface area contributed by atoms with E-state index in [1.807, 2.05) is 0 Å². The van der Waals surface area contributed by atoms with Crippen molar-refractivity contribution in [3.63, 3.8) is 0 Å². The fourth-order valence-corrected chi connectivity index (χ4v) is 0.845. The molecule has 0 rings (SSSR count). The Morgan fingerprint density at radius 3 is 2.67 bits per heavy atom. The SMILES string of the molecule is C#CCS(=O)CC(=O)O. The second kappa shape index (κ2) is 4.10. The molecule has 0 amide bonds. The van der Waals surface area contributed by atoms with Crippen molar-refractivity contribution in [2.45, 2.75) is 0 Å². The lowest BCUT2D eigenvalue weighted by molar-refractivity contribution is -0.133. The molecule has 1 atom stereocenters. The second-order valence-corrected chi connectivity index (χ2v) is 2.78. The Labute approximate surface area is 55.5 Å². The zero-order valence-corrected chi connectivity index (χ0v) is 5.48. The molecular formula is C5H6O3S. The third-order valence-electron chi connectivity index (χ3n) is 0.529. The van der Waals surface area contributed by atoms with Gasteiger partial charge in [-0.2, -0.15) is 0 Å². The highest BCUT2D eigenvalue weighted by Gasteiger charge is 2.02. The highest BCUT2D eigenvalue weighted by molar-refractivity contribution is 7.85. The molecule has 0 saturated heterocycles. The Kier molecular flexibility index (Phi) is 3.72. The predicted octanol–water partition coefficient (Wildman–Crippen LogP) is -0.547. The largest absolute Gasteiger partial charge is 0.481 e. The Morgan fingerprint density at radius 2 is 2.33 bits per heavy atom. The zero-order chi connectivity index (χ0) is 7.28. The van der Waals surface area contributed by atoms with Crippen LogP contribution in [0, 0.1) is 12.3 Å². The van der Waals surface area contributed by atoms with E-state index in [0.29, 0.717) is 0 Å². The lowest BCUT2D eigenvalue weighted by atomic mass is 10.8. The summed E-state index contributed by atoms with van der Waals surface area (Å²) in [6, 6.07) is 0. The van der Waals surface area contributed by atoms with Crippen molar-refractivity contribution >= 4 is 16.8 Å². The van der Waals surface area contributed by atoms with Crippen LogP contribution in [0.15, 0.2) is 0 Å². The van der Waals surface area contributed by atoms with E-state index in [0.717, 1.165) is 0 Å². The van der Waals surface area contributed by atoms with Crippen LogP contribution in [0.3, 0.4) is 0 Å².